The van der Waals surface area contributed by atoms with Crippen LogP contribution >= 0.6 is 0 Å². The summed E-state index contributed by atoms with van der Waals surface area (Å²) in [4.78, 5) is 0. The summed E-state index contributed by atoms with van der Waals surface area (Å²) in [6.07, 6.45) is -3.62. The maximum Gasteiger partial charge on any atom is 0.161 e. The molecular weight excluding hydrogens is 668 g/mol. The molecule has 0 radical (unpaired) electrons. The third kappa shape index (κ3) is 7.96. The number of hydrogen-bond acceptors (Lipinski definition) is 11. The highest BCUT2D eigenvalue weighted by Crippen LogP contribution is 2.51. The van der Waals surface area contributed by atoms with E-state index >= 15 is 0 Å². The molecule has 1 fully saturated rings. The monoisotopic (exact) mass is 718 g/mol. The van der Waals surface area contributed by atoms with Gasteiger partial charge in [0.05, 0.1) is 47.8 Å². The highest BCUT2D eigenvalue weighted by molar-refractivity contribution is 5.47. The SMILES string of the molecule is COc1cc(C(O)C(C)Oc2ccc(C3OC(c4ccc(OC(C)C(O)c5ccc(OC)c(OC)c5)c(OC)c4)C(C)C3C)cc2OC)ccc1O. The summed E-state index contributed by atoms with van der Waals surface area (Å²) in [7, 11) is 7.73. The minimum absolute atomic E-state index is 0.0108. The van der Waals surface area contributed by atoms with Crippen LogP contribution in [0.25, 0.3) is 0 Å². The van der Waals surface area contributed by atoms with E-state index in [-0.39, 0.29) is 35.5 Å². The highest BCUT2D eigenvalue weighted by Gasteiger charge is 2.41. The van der Waals surface area contributed by atoms with Gasteiger partial charge in [-0.05, 0) is 96.5 Å². The fraction of sp³-hybridized carbons (Fsp3) is 0.415. The van der Waals surface area contributed by atoms with Gasteiger partial charge in [0.2, 0.25) is 0 Å². The summed E-state index contributed by atoms with van der Waals surface area (Å²) in [5.41, 5.74) is 3.06. The van der Waals surface area contributed by atoms with Gasteiger partial charge in [0.1, 0.15) is 24.4 Å². The van der Waals surface area contributed by atoms with Crippen molar-refractivity contribution in [3.8, 4) is 46.0 Å². The van der Waals surface area contributed by atoms with E-state index in [1.807, 2.05) is 36.4 Å². The molecule has 1 aliphatic heterocycles. The third-order valence-electron chi connectivity index (χ3n) is 9.92. The van der Waals surface area contributed by atoms with Gasteiger partial charge in [-0.2, -0.15) is 0 Å². The average molecular weight is 719 g/mol. The summed E-state index contributed by atoms with van der Waals surface area (Å²) >= 11 is 0. The summed E-state index contributed by atoms with van der Waals surface area (Å²) in [5.74, 6) is 3.68. The van der Waals surface area contributed by atoms with E-state index in [0.29, 0.717) is 45.6 Å². The van der Waals surface area contributed by atoms with Crippen LogP contribution in [0.1, 0.15) is 74.4 Å². The molecule has 1 aliphatic rings. The lowest BCUT2D eigenvalue weighted by Gasteiger charge is -2.24. The molecule has 8 unspecified atom stereocenters. The molecule has 1 saturated heterocycles. The van der Waals surface area contributed by atoms with Gasteiger partial charge in [-0.3, -0.25) is 0 Å². The van der Waals surface area contributed by atoms with Crippen molar-refractivity contribution in [3.05, 3.63) is 95.1 Å². The molecule has 5 rings (SSSR count). The van der Waals surface area contributed by atoms with Crippen LogP contribution in [0.15, 0.2) is 72.8 Å². The Bertz CT molecular complexity index is 1810. The molecule has 0 amide bonds. The van der Waals surface area contributed by atoms with E-state index in [9.17, 15) is 15.3 Å². The van der Waals surface area contributed by atoms with Crippen LogP contribution in [-0.4, -0.2) is 63.1 Å². The fourth-order valence-corrected chi connectivity index (χ4v) is 6.62. The van der Waals surface area contributed by atoms with Crippen LogP contribution in [0.2, 0.25) is 0 Å². The normalized spacial score (nSPS) is 20.7. The lowest BCUT2D eigenvalue weighted by Crippen LogP contribution is -2.22. The highest BCUT2D eigenvalue weighted by atomic mass is 16.5. The molecule has 4 aromatic carbocycles. The second-order valence-electron chi connectivity index (χ2n) is 13.1. The Morgan fingerprint density at radius 1 is 0.500 bits per heavy atom. The van der Waals surface area contributed by atoms with E-state index in [0.717, 1.165) is 11.1 Å². The molecule has 11 nitrogen and oxygen atoms in total. The largest absolute Gasteiger partial charge is 0.504 e. The van der Waals surface area contributed by atoms with Crippen molar-refractivity contribution >= 4 is 0 Å². The predicted octanol–water partition coefficient (Wildman–Crippen LogP) is 7.52. The number of aliphatic hydroxyl groups is 2. The van der Waals surface area contributed by atoms with Crippen molar-refractivity contribution in [2.75, 3.05) is 35.5 Å². The molecule has 0 spiro atoms. The number of methoxy groups -OCH3 is 5. The van der Waals surface area contributed by atoms with Gasteiger partial charge >= 0.3 is 0 Å². The maximum absolute atomic E-state index is 11.1. The molecule has 0 aromatic heterocycles. The fourth-order valence-electron chi connectivity index (χ4n) is 6.62. The van der Waals surface area contributed by atoms with Crippen LogP contribution in [0.5, 0.6) is 46.0 Å². The van der Waals surface area contributed by atoms with Gasteiger partial charge in [0, 0.05) is 0 Å². The molecule has 52 heavy (non-hydrogen) atoms. The molecular formula is C41H50O11. The zero-order valence-electron chi connectivity index (χ0n) is 31.2. The topological polar surface area (TPSA) is 135 Å². The van der Waals surface area contributed by atoms with Gasteiger partial charge in [-0.25, -0.2) is 0 Å². The third-order valence-corrected chi connectivity index (χ3v) is 9.92. The summed E-state index contributed by atoms with van der Waals surface area (Å²) in [5, 5.41) is 32.0. The Morgan fingerprint density at radius 3 is 1.33 bits per heavy atom. The quantitative estimate of drug-likeness (QED) is 0.113. The smallest absolute Gasteiger partial charge is 0.161 e. The Hall–Kier alpha value is -4.84. The number of phenols is 1. The van der Waals surface area contributed by atoms with Crippen LogP contribution in [0.3, 0.4) is 0 Å². The number of ether oxygens (including phenoxy) is 8. The molecule has 8 atom stereocenters. The Morgan fingerprint density at radius 2 is 0.885 bits per heavy atom. The van der Waals surface area contributed by atoms with Crippen molar-refractivity contribution in [2.24, 2.45) is 11.8 Å². The second-order valence-corrected chi connectivity index (χ2v) is 13.1. The minimum Gasteiger partial charge on any atom is -0.504 e. The van der Waals surface area contributed by atoms with Crippen molar-refractivity contribution in [1.82, 2.24) is 0 Å². The molecule has 0 saturated carbocycles. The molecule has 11 heteroatoms. The van der Waals surface area contributed by atoms with Crippen molar-refractivity contribution in [3.63, 3.8) is 0 Å². The summed E-state index contributed by atoms with van der Waals surface area (Å²) in [6.45, 7) is 7.90. The number of rotatable bonds is 15. The van der Waals surface area contributed by atoms with E-state index in [1.54, 1.807) is 72.6 Å². The van der Waals surface area contributed by atoms with Crippen LogP contribution in [0, 0.1) is 11.8 Å². The predicted molar refractivity (Wildman–Crippen MR) is 195 cm³/mol. The molecule has 280 valence electrons. The molecule has 3 N–H and O–H groups in total. The van der Waals surface area contributed by atoms with Gasteiger partial charge in [0.25, 0.3) is 0 Å². The van der Waals surface area contributed by atoms with Gasteiger partial charge in [-0.15, -0.1) is 0 Å². The van der Waals surface area contributed by atoms with Crippen molar-refractivity contribution in [1.29, 1.82) is 0 Å². The number of hydrogen-bond donors (Lipinski definition) is 3. The zero-order valence-corrected chi connectivity index (χ0v) is 31.2. The number of phenolic OH excluding ortho intramolecular Hbond substituents is 1. The molecule has 0 bridgehead atoms. The van der Waals surface area contributed by atoms with E-state index in [1.165, 1.54) is 13.2 Å². The second kappa shape index (κ2) is 16.7. The lowest BCUT2D eigenvalue weighted by molar-refractivity contribution is 0.0281. The number of benzene rings is 4. The standard InChI is InChI=1S/C41H50O11/c1-22-23(2)41(29-13-17-33(37(21-29)49-9)51-25(4)39(44)27-11-15-31(45-5)35(19-27)47-7)52-40(22)28-12-16-32(36(20-28)48-8)50-24(3)38(43)26-10-14-30(42)34(18-26)46-6/h10-25,38-44H,1-9H3. The van der Waals surface area contributed by atoms with Crippen LogP contribution in [0.4, 0.5) is 0 Å². The number of aliphatic hydroxyl groups excluding tert-OH is 2. The first-order valence-corrected chi connectivity index (χ1v) is 17.2. The van der Waals surface area contributed by atoms with Gasteiger partial charge < -0.3 is 53.2 Å². The van der Waals surface area contributed by atoms with E-state index < -0.39 is 24.4 Å². The number of aromatic hydroxyl groups is 1. The van der Waals surface area contributed by atoms with E-state index in [4.69, 9.17) is 37.9 Å². The first kappa shape index (κ1) is 38.4. The molecule has 4 aromatic rings. The molecule has 1 heterocycles. The maximum atomic E-state index is 11.1. The summed E-state index contributed by atoms with van der Waals surface area (Å²) in [6, 6.07) is 21.4. The first-order valence-electron chi connectivity index (χ1n) is 17.2. The van der Waals surface area contributed by atoms with Crippen molar-refractivity contribution in [2.45, 2.75) is 64.3 Å². The van der Waals surface area contributed by atoms with Gasteiger partial charge in [0.15, 0.2) is 46.0 Å². The Kier molecular flexibility index (Phi) is 12.3. The zero-order chi connectivity index (χ0) is 37.7. The minimum atomic E-state index is -0.988. The van der Waals surface area contributed by atoms with E-state index in [2.05, 4.69) is 13.8 Å². The van der Waals surface area contributed by atoms with Gasteiger partial charge in [-0.1, -0.05) is 38.1 Å². The van der Waals surface area contributed by atoms with Crippen LogP contribution in [-0.2, 0) is 4.74 Å². The Balaban J connectivity index is 1.29. The van der Waals surface area contributed by atoms with Crippen molar-refractivity contribution < 1.29 is 53.2 Å². The molecule has 0 aliphatic carbocycles. The Labute approximate surface area is 305 Å². The lowest BCUT2D eigenvalue weighted by atomic mass is 9.85. The first-order chi connectivity index (χ1) is 24.9. The summed E-state index contributed by atoms with van der Waals surface area (Å²) < 4.78 is 46.5. The van der Waals surface area contributed by atoms with Crippen LogP contribution < -0.4 is 33.2 Å². The average Bonchev–Trinajstić information content (AvgIpc) is 3.47.